The molecule has 4 heteroatoms. The highest BCUT2D eigenvalue weighted by Gasteiger charge is 2.10. The molecule has 0 saturated heterocycles. The quantitative estimate of drug-likeness (QED) is 0.591. The minimum Gasteiger partial charge on any atom is -0.481 e. The SMILES string of the molecule is CCC(CCCCC(=O)O)CC(=O)O. The van der Waals surface area contributed by atoms with Crippen LogP contribution in [0.25, 0.3) is 0 Å². The highest BCUT2D eigenvalue weighted by Crippen LogP contribution is 2.17. The van der Waals surface area contributed by atoms with Crippen LogP contribution in [-0.4, -0.2) is 22.2 Å². The molecular formula is C10H18O4. The maximum Gasteiger partial charge on any atom is 0.303 e. The first-order valence-electron chi connectivity index (χ1n) is 4.99. The molecule has 82 valence electrons. The second-order valence-corrected chi connectivity index (χ2v) is 3.51. The van der Waals surface area contributed by atoms with Crippen molar-refractivity contribution < 1.29 is 19.8 Å². The Morgan fingerprint density at radius 1 is 1.14 bits per heavy atom. The maximum atomic E-state index is 10.4. The van der Waals surface area contributed by atoms with Crippen LogP contribution in [0.2, 0.25) is 0 Å². The van der Waals surface area contributed by atoms with Crippen LogP contribution in [0.3, 0.4) is 0 Å². The lowest BCUT2D eigenvalue weighted by molar-refractivity contribution is -0.139. The first-order chi connectivity index (χ1) is 6.56. The van der Waals surface area contributed by atoms with E-state index in [1.165, 1.54) is 0 Å². The Labute approximate surface area is 83.9 Å². The van der Waals surface area contributed by atoms with Gasteiger partial charge >= 0.3 is 11.9 Å². The van der Waals surface area contributed by atoms with E-state index in [4.69, 9.17) is 10.2 Å². The third-order valence-corrected chi connectivity index (χ3v) is 2.29. The van der Waals surface area contributed by atoms with Crippen molar-refractivity contribution in [3.63, 3.8) is 0 Å². The number of unbranched alkanes of at least 4 members (excludes halogenated alkanes) is 1. The molecule has 0 bridgehead atoms. The molecule has 0 aliphatic carbocycles. The predicted octanol–water partition coefficient (Wildman–Crippen LogP) is 2.13. The van der Waals surface area contributed by atoms with Crippen molar-refractivity contribution in [3.8, 4) is 0 Å². The van der Waals surface area contributed by atoms with Gasteiger partial charge in [-0.1, -0.05) is 19.8 Å². The number of hydrogen-bond acceptors (Lipinski definition) is 2. The van der Waals surface area contributed by atoms with E-state index in [0.717, 1.165) is 19.3 Å². The van der Waals surface area contributed by atoms with Gasteiger partial charge in [-0.2, -0.15) is 0 Å². The smallest absolute Gasteiger partial charge is 0.303 e. The molecule has 0 saturated carbocycles. The third-order valence-electron chi connectivity index (χ3n) is 2.29. The summed E-state index contributed by atoms with van der Waals surface area (Å²) in [7, 11) is 0. The lowest BCUT2D eigenvalue weighted by Crippen LogP contribution is -2.07. The molecule has 4 nitrogen and oxygen atoms in total. The number of carboxylic acids is 2. The molecule has 1 unspecified atom stereocenters. The van der Waals surface area contributed by atoms with E-state index in [1.807, 2.05) is 6.92 Å². The van der Waals surface area contributed by atoms with Crippen molar-refractivity contribution in [2.45, 2.75) is 45.4 Å². The molecule has 0 fully saturated rings. The zero-order chi connectivity index (χ0) is 11.0. The molecule has 14 heavy (non-hydrogen) atoms. The van der Waals surface area contributed by atoms with Gasteiger partial charge in [-0.3, -0.25) is 9.59 Å². The van der Waals surface area contributed by atoms with Gasteiger partial charge in [0, 0.05) is 12.8 Å². The predicted molar refractivity (Wildman–Crippen MR) is 52.1 cm³/mol. The fraction of sp³-hybridized carbons (Fsp3) is 0.800. The Kier molecular flexibility index (Phi) is 6.80. The van der Waals surface area contributed by atoms with Crippen LogP contribution in [-0.2, 0) is 9.59 Å². The minimum atomic E-state index is -0.781. The molecule has 0 rings (SSSR count). The topological polar surface area (TPSA) is 74.6 Å². The number of carbonyl (C=O) groups is 2. The molecule has 0 amide bonds. The van der Waals surface area contributed by atoms with Crippen LogP contribution in [0.15, 0.2) is 0 Å². The van der Waals surface area contributed by atoms with Gasteiger partial charge in [0.05, 0.1) is 0 Å². The normalized spacial score (nSPS) is 12.4. The Morgan fingerprint density at radius 2 is 1.79 bits per heavy atom. The number of rotatable bonds is 8. The zero-order valence-corrected chi connectivity index (χ0v) is 8.53. The third kappa shape index (κ3) is 7.58. The standard InChI is InChI=1S/C10H18O4/c1-2-8(7-10(13)14)5-3-4-6-9(11)12/h8H,2-7H2,1H3,(H,11,12)(H,13,14). The van der Waals surface area contributed by atoms with Crippen LogP contribution in [0.5, 0.6) is 0 Å². The van der Waals surface area contributed by atoms with Crippen molar-refractivity contribution in [3.05, 3.63) is 0 Å². The summed E-state index contributed by atoms with van der Waals surface area (Å²) in [5, 5.41) is 17.0. The molecular weight excluding hydrogens is 184 g/mol. The van der Waals surface area contributed by atoms with Gasteiger partial charge in [-0.15, -0.1) is 0 Å². The van der Waals surface area contributed by atoms with E-state index in [2.05, 4.69) is 0 Å². The second kappa shape index (κ2) is 7.35. The second-order valence-electron chi connectivity index (χ2n) is 3.51. The van der Waals surface area contributed by atoms with Gasteiger partial charge in [0.15, 0.2) is 0 Å². The summed E-state index contributed by atoms with van der Waals surface area (Å²) in [6, 6.07) is 0. The fourth-order valence-electron chi connectivity index (χ4n) is 1.41. The Hall–Kier alpha value is -1.06. The van der Waals surface area contributed by atoms with Gasteiger partial charge in [0.1, 0.15) is 0 Å². The average Bonchev–Trinajstić information content (AvgIpc) is 2.09. The fourth-order valence-corrected chi connectivity index (χ4v) is 1.41. The van der Waals surface area contributed by atoms with Crippen molar-refractivity contribution >= 4 is 11.9 Å². The average molecular weight is 202 g/mol. The van der Waals surface area contributed by atoms with E-state index in [1.54, 1.807) is 0 Å². The van der Waals surface area contributed by atoms with Gasteiger partial charge in [0.2, 0.25) is 0 Å². The van der Waals surface area contributed by atoms with E-state index < -0.39 is 11.9 Å². The summed E-state index contributed by atoms with van der Waals surface area (Å²) >= 11 is 0. The van der Waals surface area contributed by atoms with E-state index >= 15 is 0 Å². The van der Waals surface area contributed by atoms with Crippen LogP contribution < -0.4 is 0 Å². The molecule has 0 aromatic heterocycles. The van der Waals surface area contributed by atoms with Crippen LogP contribution in [0.1, 0.15) is 45.4 Å². The van der Waals surface area contributed by atoms with Crippen LogP contribution in [0.4, 0.5) is 0 Å². The van der Waals surface area contributed by atoms with E-state index in [0.29, 0.717) is 6.42 Å². The molecule has 1 atom stereocenters. The van der Waals surface area contributed by atoms with Gasteiger partial charge < -0.3 is 10.2 Å². The number of carboxylic acid groups (broad SMARTS) is 2. The first kappa shape index (κ1) is 12.9. The molecule has 0 aliphatic heterocycles. The summed E-state index contributed by atoms with van der Waals surface area (Å²) < 4.78 is 0. The Balaban J connectivity index is 3.52. The van der Waals surface area contributed by atoms with E-state index in [9.17, 15) is 9.59 Å². The Morgan fingerprint density at radius 3 is 2.21 bits per heavy atom. The number of hydrogen-bond donors (Lipinski definition) is 2. The van der Waals surface area contributed by atoms with Gasteiger partial charge in [-0.25, -0.2) is 0 Å². The summed E-state index contributed by atoms with van der Waals surface area (Å²) in [6.07, 6.45) is 3.49. The van der Waals surface area contributed by atoms with Crippen molar-refractivity contribution in [1.82, 2.24) is 0 Å². The van der Waals surface area contributed by atoms with Crippen LogP contribution >= 0.6 is 0 Å². The van der Waals surface area contributed by atoms with Gasteiger partial charge in [-0.05, 0) is 18.8 Å². The van der Waals surface area contributed by atoms with Crippen molar-refractivity contribution in [2.24, 2.45) is 5.92 Å². The first-order valence-corrected chi connectivity index (χ1v) is 4.99. The molecule has 0 aromatic rings. The molecule has 0 aliphatic rings. The molecule has 0 spiro atoms. The van der Waals surface area contributed by atoms with Crippen LogP contribution in [0, 0.1) is 5.92 Å². The highest BCUT2D eigenvalue weighted by atomic mass is 16.4. The summed E-state index contributed by atoms with van der Waals surface area (Å²) in [4.78, 5) is 20.6. The molecule has 0 heterocycles. The summed E-state index contributed by atoms with van der Waals surface area (Å²) in [5.41, 5.74) is 0. The highest BCUT2D eigenvalue weighted by molar-refractivity contribution is 5.67. The largest absolute Gasteiger partial charge is 0.481 e. The van der Waals surface area contributed by atoms with Crippen molar-refractivity contribution in [2.75, 3.05) is 0 Å². The van der Waals surface area contributed by atoms with E-state index in [-0.39, 0.29) is 18.8 Å². The van der Waals surface area contributed by atoms with Gasteiger partial charge in [0.25, 0.3) is 0 Å². The monoisotopic (exact) mass is 202 g/mol. The molecule has 0 radical (unpaired) electrons. The molecule has 2 N–H and O–H groups in total. The molecule has 0 aromatic carbocycles. The lowest BCUT2D eigenvalue weighted by Gasteiger charge is -2.10. The minimum absolute atomic E-state index is 0.184. The lowest BCUT2D eigenvalue weighted by atomic mass is 9.95. The number of aliphatic carboxylic acids is 2. The summed E-state index contributed by atoms with van der Waals surface area (Å²) in [5.74, 6) is -1.35. The zero-order valence-electron chi connectivity index (χ0n) is 8.53. The van der Waals surface area contributed by atoms with Crippen molar-refractivity contribution in [1.29, 1.82) is 0 Å². The Bertz CT molecular complexity index is 189. The summed E-state index contributed by atoms with van der Waals surface area (Å²) in [6.45, 7) is 1.96. The maximum absolute atomic E-state index is 10.4.